The number of hydrogen-bond acceptors (Lipinski definition) is 4. The molecule has 1 aliphatic rings. The molecule has 1 heterocycles. The van der Waals surface area contributed by atoms with Crippen molar-refractivity contribution >= 4 is 16.8 Å². The Balaban J connectivity index is 1.70. The van der Waals surface area contributed by atoms with Gasteiger partial charge in [0.15, 0.2) is 0 Å². The molecule has 158 valence electrons. The molecule has 0 spiro atoms. The van der Waals surface area contributed by atoms with E-state index in [0.29, 0.717) is 45.3 Å². The van der Waals surface area contributed by atoms with Crippen molar-refractivity contribution in [3.8, 4) is 5.75 Å². The number of carbonyl (C=O) groups excluding carboxylic acids is 1. The van der Waals surface area contributed by atoms with Gasteiger partial charge in [0, 0.05) is 23.6 Å². The standard InChI is InChI=1S/C22H24F2N4O2/c1-11(25)15-9-16(19-17(10-26-28-19)20(15)30-3)21(29)27-12(2)13-5-4-6-18-14(13)7-8-22(18,23)24/h4-6,9-12H,7-8,25H2,1-3H3,(H,26,28)(H,27,29)/t11?,12-/m1/s1. The molecule has 2 atom stereocenters. The van der Waals surface area contributed by atoms with Crippen molar-refractivity contribution in [2.45, 2.75) is 44.7 Å². The molecule has 3 aromatic rings. The number of amides is 1. The van der Waals surface area contributed by atoms with Crippen LogP contribution in [0.3, 0.4) is 0 Å². The van der Waals surface area contributed by atoms with Gasteiger partial charge < -0.3 is 15.8 Å². The molecule has 0 bridgehead atoms. The number of alkyl halides is 2. The first-order chi connectivity index (χ1) is 14.2. The Hall–Kier alpha value is -3.00. The Morgan fingerprint density at radius 2 is 2.10 bits per heavy atom. The highest BCUT2D eigenvalue weighted by molar-refractivity contribution is 6.07. The minimum atomic E-state index is -2.82. The van der Waals surface area contributed by atoms with Gasteiger partial charge in [0.05, 0.1) is 35.8 Å². The van der Waals surface area contributed by atoms with E-state index in [1.165, 1.54) is 6.07 Å². The summed E-state index contributed by atoms with van der Waals surface area (Å²) in [6.07, 6.45) is 1.68. The molecule has 30 heavy (non-hydrogen) atoms. The van der Waals surface area contributed by atoms with Crippen molar-refractivity contribution in [3.63, 3.8) is 0 Å². The molecule has 0 fully saturated rings. The summed E-state index contributed by atoms with van der Waals surface area (Å²) in [7, 11) is 1.54. The largest absolute Gasteiger partial charge is 0.496 e. The maximum absolute atomic E-state index is 14.1. The number of carbonyl (C=O) groups is 1. The van der Waals surface area contributed by atoms with Crippen molar-refractivity contribution in [1.82, 2.24) is 15.5 Å². The zero-order valence-corrected chi connectivity index (χ0v) is 17.1. The fraction of sp³-hybridized carbons (Fsp3) is 0.364. The predicted octanol–water partition coefficient (Wildman–Crippen LogP) is 4.12. The van der Waals surface area contributed by atoms with Gasteiger partial charge in [-0.2, -0.15) is 5.10 Å². The van der Waals surface area contributed by atoms with Gasteiger partial charge >= 0.3 is 0 Å². The van der Waals surface area contributed by atoms with E-state index in [2.05, 4.69) is 15.5 Å². The van der Waals surface area contributed by atoms with E-state index in [-0.39, 0.29) is 23.9 Å². The summed E-state index contributed by atoms with van der Waals surface area (Å²) in [6.45, 7) is 3.60. The number of methoxy groups -OCH3 is 1. The minimum absolute atomic E-state index is 0.0562. The fourth-order valence-electron chi connectivity index (χ4n) is 4.26. The zero-order valence-electron chi connectivity index (χ0n) is 17.1. The number of benzene rings is 2. The molecule has 8 heteroatoms. The monoisotopic (exact) mass is 414 g/mol. The number of ether oxygens (including phenoxy) is 1. The summed E-state index contributed by atoms with van der Waals surface area (Å²) < 4.78 is 33.7. The van der Waals surface area contributed by atoms with Gasteiger partial charge in [-0.1, -0.05) is 18.2 Å². The third-order valence-electron chi connectivity index (χ3n) is 5.76. The van der Waals surface area contributed by atoms with Gasteiger partial charge in [0.25, 0.3) is 11.8 Å². The maximum Gasteiger partial charge on any atom is 0.273 e. The molecule has 1 aliphatic carbocycles. The summed E-state index contributed by atoms with van der Waals surface area (Å²) in [5, 5.41) is 10.5. The van der Waals surface area contributed by atoms with Crippen LogP contribution in [-0.4, -0.2) is 23.2 Å². The van der Waals surface area contributed by atoms with Crippen LogP contribution in [0.1, 0.15) is 65.0 Å². The first-order valence-corrected chi connectivity index (χ1v) is 9.85. The molecule has 0 saturated carbocycles. The van der Waals surface area contributed by atoms with E-state index in [0.717, 1.165) is 0 Å². The summed E-state index contributed by atoms with van der Waals surface area (Å²) >= 11 is 0. The molecular formula is C22H24F2N4O2. The van der Waals surface area contributed by atoms with E-state index in [9.17, 15) is 13.6 Å². The smallest absolute Gasteiger partial charge is 0.273 e. The van der Waals surface area contributed by atoms with Crippen molar-refractivity contribution in [2.24, 2.45) is 5.73 Å². The first-order valence-electron chi connectivity index (χ1n) is 9.85. The summed E-state index contributed by atoms with van der Waals surface area (Å²) in [5.41, 5.74) is 9.06. The Morgan fingerprint density at radius 3 is 2.80 bits per heavy atom. The minimum Gasteiger partial charge on any atom is -0.496 e. The van der Waals surface area contributed by atoms with Crippen molar-refractivity contribution in [2.75, 3.05) is 7.11 Å². The average Bonchev–Trinajstić information content (AvgIpc) is 3.31. The molecular weight excluding hydrogens is 390 g/mol. The van der Waals surface area contributed by atoms with Crippen LogP contribution >= 0.6 is 0 Å². The van der Waals surface area contributed by atoms with Gasteiger partial charge in [-0.05, 0) is 37.5 Å². The summed E-state index contributed by atoms with van der Waals surface area (Å²) in [5.74, 6) is -2.59. The van der Waals surface area contributed by atoms with Crippen molar-refractivity contribution in [1.29, 1.82) is 0 Å². The molecule has 4 N–H and O–H groups in total. The lowest BCUT2D eigenvalue weighted by Crippen LogP contribution is -2.28. The fourth-order valence-corrected chi connectivity index (χ4v) is 4.26. The Labute approximate surface area is 172 Å². The quantitative estimate of drug-likeness (QED) is 0.586. The lowest BCUT2D eigenvalue weighted by molar-refractivity contribution is -0.00185. The van der Waals surface area contributed by atoms with E-state index in [1.54, 1.807) is 38.4 Å². The topological polar surface area (TPSA) is 93.0 Å². The lowest BCUT2D eigenvalue weighted by Gasteiger charge is -2.20. The first kappa shape index (κ1) is 20.3. The molecule has 0 aliphatic heterocycles. The Bertz CT molecular complexity index is 1120. The molecule has 2 aromatic carbocycles. The van der Waals surface area contributed by atoms with Crippen LogP contribution in [0.25, 0.3) is 10.9 Å². The molecule has 1 unspecified atom stereocenters. The van der Waals surface area contributed by atoms with E-state index in [1.807, 2.05) is 6.92 Å². The second kappa shape index (κ2) is 7.36. The third kappa shape index (κ3) is 3.21. The molecule has 0 radical (unpaired) electrons. The van der Waals surface area contributed by atoms with Gasteiger partial charge in [-0.3, -0.25) is 9.89 Å². The summed E-state index contributed by atoms with van der Waals surface area (Å²) in [6, 6.07) is 5.76. The second-order valence-electron chi connectivity index (χ2n) is 7.77. The van der Waals surface area contributed by atoms with Crippen LogP contribution in [0.5, 0.6) is 5.75 Å². The number of nitrogens with one attached hydrogen (secondary N) is 2. The predicted molar refractivity (Wildman–Crippen MR) is 110 cm³/mol. The second-order valence-corrected chi connectivity index (χ2v) is 7.77. The van der Waals surface area contributed by atoms with Crippen LogP contribution < -0.4 is 15.8 Å². The number of hydrogen-bond donors (Lipinski definition) is 3. The average molecular weight is 414 g/mol. The number of halogens is 2. The Morgan fingerprint density at radius 1 is 1.33 bits per heavy atom. The summed E-state index contributed by atoms with van der Waals surface area (Å²) in [4.78, 5) is 13.2. The lowest BCUT2D eigenvalue weighted by atomic mass is 9.96. The highest BCUT2D eigenvalue weighted by Crippen LogP contribution is 2.44. The number of H-pyrrole nitrogens is 1. The van der Waals surface area contributed by atoms with Crippen LogP contribution in [0.4, 0.5) is 8.78 Å². The van der Waals surface area contributed by atoms with Crippen LogP contribution in [0.15, 0.2) is 30.5 Å². The number of nitrogens with zero attached hydrogens (tertiary/aromatic N) is 1. The molecule has 4 rings (SSSR count). The zero-order chi connectivity index (χ0) is 21.6. The van der Waals surface area contributed by atoms with Gasteiger partial charge in [-0.15, -0.1) is 0 Å². The molecule has 1 amide bonds. The van der Waals surface area contributed by atoms with E-state index >= 15 is 0 Å². The van der Waals surface area contributed by atoms with Crippen LogP contribution in [0.2, 0.25) is 0 Å². The molecule has 1 aromatic heterocycles. The third-order valence-corrected chi connectivity index (χ3v) is 5.76. The number of aromatic nitrogens is 2. The van der Waals surface area contributed by atoms with E-state index in [4.69, 9.17) is 10.5 Å². The number of fused-ring (bicyclic) bond motifs is 2. The highest BCUT2D eigenvalue weighted by atomic mass is 19.3. The normalized spacial score (nSPS) is 16.9. The molecule has 6 nitrogen and oxygen atoms in total. The molecule has 0 saturated heterocycles. The maximum atomic E-state index is 14.1. The SMILES string of the molecule is COc1c(C(C)N)cc(C(=O)N[C@H](C)c2cccc3c2CCC3(F)F)c2[nH]ncc12. The van der Waals surface area contributed by atoms with Crippen molar-refractivity contribution in [3.05, 3.63) is 58.3 Å². The van der Waals surface area contributed by atoms with Gasteiger partial charge in [0.1, 0.15) is 5.75 Å². The van der Waals surface area contributed by atoms with Gasteiger partial charge in [0.2, 0.25) is 0 Å². The number of aromatic amines is 1. The van der Waals surface area contributed by atoms with Crippen molar-refractivity contribution < 1.29 is 18.3 Å². The van der Waals surface area contributed by atoms with E-state index < -0.39 is 12.0 Å². The van der Waals surface area contributed by atoms with Crippen LogP contribution in [-0.2, 0) is 12.3 Å². The number of rotatable bonds is 5. The van der Waals surface area contributed by atoms with Crippen LogP contribution in [0, 0.1) is 0 Å². The van der Waals surface area contributed by atoms with Gasteiger partial charge in [-0.25, -0.2) is 8.78 Å². The number of nitrogens with two attached hydrogens (primary N) is 1. The Kier molecular flexibility index (Phi) is 4.97. The highest BCUT2D eigenvalue weighted by Gasteiger charge is 2.40.